The third kappa shape index (κ3) is 6.71. The molecule has 1 saturated heterocycles. The highest BCUT2D eigenvalue weighted by atomic mass is 127. The van der Waals surface area contributed by atoms with E-state index < -0.39 is 0 Å². The quantitative estimate of drug-likeness (QED) is 0.386. The maximum absolute atomic E-state index is 13.3. The van der Waals surface area contributed by atoms with Gasteiger partial charge in [-0.2, -0.15) is 0 Å². The number of rotatable bonds is 6. The molecule has 2 N–H and O–H groups in total. The van der Waals surface area contributed by atoms with Crippen LogP contribution in [0.3, 0.4) is 0 Å². The number of hydrogen-bond donors (Lipinski definition) is 2. The Bertz CT molecular complexity index is 548. The largest absolute Gasteiger partial charge is 0.381 e. The van der Waals surface area contributed by atoms with E-state index in [1.54, 1.807) is 6.07 Å². The molecule has 1 heterocycles. The van der Waals surface area contributed by atoms with Gasteiger partial charge >= 0.3 is 0 Å². The Morgan fingerprint density at radius 1 is 1.28 bits per heavy atom. The normalized spacial score (nSPS) is 17.1. The van der Waals surface area contributed by atoms with Crippen molar-refractivity contribution in [2.24, 2.45) is 4.99 Å². The van der Waals surface area contributed by atoms with Crippen molar-refractivity contribution in [3.63, 3.8) is 0 Å². The molecule has 0 amide bonds. The molecule has 25 heavy (non-hydrogen) atoms. The lowest BCUT2D eigenvalue weighted by molar-refractivity contribution is -0.00501. The third-order valence-corrected chi connectivity index (χ3v) is 4.61. The third-order valence-electron chi connectivity index (χ3n) is 4.61. The van der Waals surface area contributed by atoms with E-state index in [0.717, 1.165) is 50.7 Å². The number of nitrogens with one attached hydrogen (secondary N) is 2. The van der Waals surface area contributed by atoms with Gasteiger partial charge in [0.15, 0.2) is 5.96 Å². The standard InChI is InChI=1S/C18H29FN4O.HI/c1-4-20-17(21-13-15-6-5-7-16(19)12-15)22-14-18(23(2)3)8-10-24-11-9-18;/h5-7,12H,4,8-11,13-14H2,1-3H3,(H2,20,21,22);1H. The molecule has 0 unspecified atom stereocenters. The molecule has 1 aliphatic heterocycles. The van der Waals surface area contributed by atoms with Gasteiger partial charge in [-0.15, -0.1) is 24.0 Å². The molecule has 0 aromatic heterocycles. The van der Waals surface area contributed by atoms with Crippen LogP contribution in [0.25, 0.3) is 0 Å². The van der Waals surface area contributed by atoms with Crippen molar-refractivity contribution in [3.05, 3.63) is 35.6 Å². The lowest BCUT2D eigenvalue weighted by atomic mass is 9.88. The molecule has 1 fully saturated rings. The number of halogens is 2. The second-order valence-corrected chi connectivity index (χ2v) is 6.41. The van der Waals surface area contributed by atoms with Gasteiger partial charge < -0.3 is 20.3 Å². The van der Waals surface area contributed by atoms with Gasteiger partial charge in [-0.05, 0) is 51.6 Å². The molecular weight excluding hydrogens is 434 g/mol. The molecule has 0 bridgehead atoms. The summed E-state index contributed by atoms with van der Waals surface area (Å²) in [6.45, 7) is 5.65. The van der Waals surface area contributed by atoms with Crippen LogP contribution in [-0.2, 0) is 11.3 Å². The van der Waals surface area contributed by atoms with Crippen LogP contribution in [-0.4, -0.2) is 56.8 Å². The topological polar surface area (TPSA) is 48.9 Å². The van der Waals surface area contributed by atoms with Gasteiger partial charge in [0.2, 0.25) is 0 Å². The molecule has 5 nitrogen and oxygen atoms in total. The van der Waals surface area contributed by atoms with E-state index in [1.165, 1.54) is 12.1 Å². The lowest BCUT2D eigenvalue weighted by Gasteiger charge is -2.43. The van der Waals surface area contributed by atoms with Crippen molar-refractivity contribution in [1.82, 2.24) is 15.5 Å². The zero-order chi connectivity index (χ0) is 17.4. The highest BCUT2D eigenvalue weighted by molar-refractivity contribution is 14.0. The Balaban J connectivity index is 0.00000312. The monoisotopic (exact) mass is 464 g/mol. The molecule has 2 rings (SSSR count). The Morgan fingerprint density at radius 2 is 2.00 bits per heavy atom. The van der Waals surface area contributed by atoms with Gasteiger partial charge in [0.05, 0.1) is 6.54 Å². The first-order valence-corrected chi connectivity index (χ1v) is 8.57. The average molecular weight is 464 g/mol. The smallest absolute Gasteiger partial charge is 0.191 e. The fourth-order valence-corrected chi connectivity index (χ4v) is 2.93. The molecule has 0 radical (unpaired) electrons. The van der Waals surface area contributed by atoms with Crippen LogP contribution in [0.5, 0.6) is 0 Å². The number of ether oxygens (including phenoxy) is 1. The van der Waals surface area contributed by atoms with Gasteiger partial charge in [0, 0.05) is 31.8 Å². The summed E-state index contributed by atoms with van der Waals surface area (Å²) in [5.74, 6) is 0.531. The van der Waals surface area contributed by atoms with E-state index in [9.17, 15) is 4.39 Å². The Hall–Kier alpha value is -0.930. The minimum Gasteiger partial charge on any atom is -0.381 e. The number of aliphatic imine (C=N–C) groups is 1. The van der Waals surface area contributed by atoms with E-state index >= 15 is 0 Å². The minimum atomic E-state index is -0.227. The van der Waals surface area contributed by atoms with Gasteiger partial charge in [0.1, 0.15) is 5.82 Å². The summed E-state index contributed by atoms with van der Waals surface area (Å²) in [4.78, 5) is 6.85. The number of hydrogen-bond acceptors (Lipinski definition) is 3. The SMILES string of the molecule is CCNC(=NCc1cccc(F)c1)NCC1(N(C)C)CCOCC1.I. The van der Waals surface area contributed by atoms with Crippen LogP contribution >= 0.6 is 24.0 Å². The molecule has 0 aliphatic carbocycles. The summed E-state index contributed by atoms with van der Waals surface area (Å²) in [6, 6.07) is 6.56. The molecule has 7 heteroatoms. The number of likely N-dealkylation sites (N-methyl/N-ethyl adjacent to an activating group) is 1. The second-order valence-electron chi connectivity index (χ2n) is 6.41. The van der Waals surface area contributed by atoms with E-state index in [0.29, 0.717) is 6.54 Å². The molecule has 142 valence electrons. The molecule has 0 spiro atoms. The molecule has 1 aliphatic rings. The highest BCUT2D eigenvalue weighted by Gasteiger charge is 2.34. The number of benzene rings is 1. The first-order chi connectivity index (χ1) is 11.6. The lowest BCUT2D eigenvalue weighted by Crippen LogP contribution is -2.57. The van der Waals surface area contributed by atoms with Gasteiger partial charge in [-0.25, -0.2) is 9.38 Å². The summed E-state index contributed by atoms with van der Waals surface area (Å²) in [7, 11) is 4.23. The maximum Gasteiger partial charge on any atom is 0.191 e. The van der Waals surface area contributed by atoms with Crippen molar-refractivity contribution in [2.45, 2.75) is 31.8 Å². The summed E-state index contributed by atoms with van der Waals surface area (Å²) in [6.07, 6.45) is 1.99. The van der Waals surface area contributed by atoms with Crippen LogP contribution in [0.4, 0.5) is 4.39 Å². The fraction of sp³-hybridized carbons (Fsp3) is 0.611. The first-order valence-electron chi connectivity index (χ1n) is 8.57. The van der Waals surface area contributed by atoms with Crippen LogP contribution in [0.2, 0.25) is 0 Å². The summed E-state index contributed by atoms with van der Waals surface area (Å²) in [5, 5.41) is 6.70. The van der Waals surface area contributed by atoms with Gasteiger partial charge in [0.25, 0.3) is 0 Å². The number of guanidine groups is 1. The molecule has 0 saturated carbocycles. The Kier molecular flexibility index (Phi) is 9.66. The van der Waals surface area contributed by atoms with Crippen molar-refractivity contribution in [3.8, 4) is 0 Å². The van der Waals surface area contributed by atoms with Crippen molar-refractivity contribution < 1.29 is 9.13 Å². The average Bonchev–Trinajstić information content (AvgIpc) is 2.58. The minimum absolute atomic E-state index is 0. The summed E-state index contributed by atoms with van der Waals surface area (Å²) < 4.78 is 18.8. The van der Waals surface area contributed by atoms with Crippen LogP contribution in [0.1, 0.15) is 25.3 Å². The van der Waals surface area contributed by atoms with Crippen LogP contribution in [0.15, 0.2) is 29.3 Å². The molecular formula is C18H30FIN4O. The van der Waals surface area contributed by atoms with E-state index in [4.69, 9.17) is 4.74 Å². The van der Waals surface area contributed by atoms with Crippen molar-refractivity contribution in [2.75, 3.05) is 40.4 Å². The maximum atomic E-state index is 13.3. The first kappa shape index (κ1) is 22.1. The molecule has 1 aromatic carbocycles. The predicted octanol–water partition coefficient (Wildman–Crippen LogP) is 2.61. The van der Waals surface area contributed by atoms with E-state index in [2.05, 4.69) is 34.6 Å². The zero-order valence-corrected chi connectivity index (χ0v) is 17.7. The van der Waals surface area contributed by atoms with Gasteiger partial charge in [-0.1, -0.05) is 12.1 Å². The van der Waals surface area contributed by atoms with Gasteiger partial charge in [-0.3, -0.25) is 0 Å². The molecule has 1 aromatic rings. The van der Waals surface area contributed by atoms with Crippen LogP contribution < -0.4 is 10.6 Å². The van der Waals surface area contributed by atoms with Crippen molar-refractivity contribution in [1.29, 1.82) is 0 Å². The number of nitrogens with zero attached hydrogens (tertiary/aromatic N) is 2. The van der Waals surface area contributed by atoms with E-state index in [-0.39, 0.29) is 35.3 Å². The predicted molar refractivity (Wildman–Crippen MR) is 111 cm³/mol. The second kappa shape index (κ2) is 10.9. The summed E-state index contributed by atoms with van der Waals surface area (Å²) in [5.41, 5.74) is 0.938. The van der Waals surface area contributed by atoms with Crippen LogP contribution in [0, 0.1) is 5.82 Å². The summed E-state index contributed by atoms with van der Waals surface area (Å²) >= 11 is 0. The van der Waals surface area contributed by atoms with Crippen molar-refractivity contribution >= 4 is 29.9 Å². The Labute approximate surface area is 167 Å². The fourth-order valence-electron chi connectivity index (χ4n) is 2.93. The highest BCUT2D eigenvalue weighted by Crippen LogP contribution is 2.25. The Morgan fingerprint density at radius 3 is 2.60 bits per heavy atom. The van der Waals surface area contributed by atoms with E-state index in [1.807, 2.05) is 13.0 Å². The molecule has 0 atom stereocenters. The zero-order valence-electron chi connectivity index (χ0n) is 15.3.